The van der Waals surface area contributed by atoms with Crippen LogP contribution in [-0.4, -0.2) is 25.5 Å². The Bertz CT molecular complexity index is 812. The quantitative estimate of drug-likeness (QED) is 0.906. The van der Waals surface area contributed by atoms with E-state index in [9.17, 15) is 8.42 Å². The summed E-state index contributed by atoms with van der Waals surface area (Å²) in [6.07, 6.45) is 0. The first-order valence-electron chi connectivity index (χ1n) is 7.19. The number of aryl methyl sites for hydroxylation is 4. The van der Waals surface area contributed by atoms with E-state index in [1.807, 2.05) is 33.8 Å². The highest BCUT2D eigenvalue weighted by molar-refractivity contribution is 7.89. The molecule has 2 rings (SSSR count). The van der Waals surface area contributed by atoms with Crippen molar-refractivity contribution in [2.75, 3.05) is 7.11 Å². The van der Waals surface area contributed by atoms with Gasteiger partial charge in [-0.1, -0.05) is 0 Å². The minimum absolute atomic E-state index is 0.0287. The van der Waals surface area contributed by atoms with Crippen LogP contribution < -0.4 is 9.46 Å². The SMILES string of the molecule is COc1cc(C)c(C)cc1S(=O)(=O)NCc1nc(C)cc(C)n1. The molecule has 0 amide bonds. The van der Waals surface area contributed by atoms with Gasteiger partial charge in [0, 0.05) is 11.4 Å². The molecule has 0 saturated heterocycles. The van der Waals surface area contributed by atoms with E-state index in [0.717, 1.165) is 22.5 Å². The van der Waals surface area contributed by atoms with Crippen molar-refractivity contribution in [3.05, 3.63) is 46.5 Å². The number of hydrogen-bond acceptors (Lipinski definition) is 5. The van der Waals surface area contributed by atoms with Crippen molar-refractivity contribution in [3.8, 4) is 5.75 Å². The van der Waals surface area contributed by atoms with Gasteiger partial charge in [-0.05, 0) is 57.0 Å². The number of nitrogens with zero attached hydrogens (tertiary/aromatic N) is 2. The Balaban J connectivity index is 2.30. The highest BCUT2D eigenvalue weighted by Gasteiger charge is 2.21. The number of sulfonamides is 1. The zero-order valence-corrected chi connectivity index (χ0v) is 14.8. The van der Waals surface area contributed by atoms with Gasteiger partial charge in [0.15, 0.2) is 0 Å². The maximum Gasteiger partial charge on any atom is 0.244 e. The molecule has 1 heterocycles. The van der Waals surface area contributed by atoms with Crippen LogP contribution in [-0.2, 0) is 16.6 Å². The van der Waals surface area contributed by atoms with E-state index in [2.05, 4.69) is 14.7 Å². The Kier molecular flexibility index (Phi) is 5.01. The van der Waals surface area contributed by atoms with Crippen LogP contribution in [0.25, 0.3) is 0 Å². The number of ether oxygens (including phenoxy) is 1. The number of rotatable bonds is 5. The van der Waals surface area contributed by atoms with Gasteiger partial charge in [0.25, 0.3) is 0 Å². The monoisotopic (exact) mass is 335 g/mol. The number of nitrogens with one attached hydrogen (secondary N) is 1. The number of methoxy groups -OCH3 is 1. The van der Waals surface area contributed by atoms with Crippen molar-refractivity contribution < 1.29 is 13.2 Å². The molecule has 6 nitrogen and oxygen atoms in total. The van der Waals surface area contributed by atoms with Crippen molar-refractivity contribution >= 4 is 10.0 Å². The summed E-state index contributed by atoms with van der Waals surface area (Å²) in [5.74, 6) is 0.760. The van der Waals surface area contributed by atoms with Crippen molar-refractivity contribution in [2.24, 2.45) is 0 Å². The summed E-state index contributed by atoms with van der Waals surface area (Å²) in [6, 6.07) is 5.17. The van der Waals surface area contributed by atoms with E-state index in [4.69, 9.17) is 4.74 Å². The van der Waals surface area contributed by atoms with Gasteiger partial charge in [-0.15, -0.1) is 0 Å². The van der Waals surface area contributed by atoms with E-state index < -0.39 is 10.0 Å². The second-order valence-electron chi connectivity index (χ2n) is 5.48. The Hall–Kier alpha value is -1.99. The number of hydrogen-bond donors (Lipinski definition) is 1. The molecule has 1 N–H and O–H groups in total. The third-order valence-corrected chi connectivity index (χ3v) is 4.94. The molecule has 1 aromatic heterocycles. The van der Waals surface area contributed by atoms with Crippen molar-refractivity contribution in [2.45, 2.75) is 39.1 Å². The Morgan fingerprint density at radius 1 is 1.00 bits per heavy atom. The maximum absolute atomic E-state index is 12.6. The van der Waals surface area contributed by atoms with Crippen LogP contribution in [0.5, 0.6) is 5.75 Å². The average molecular weight is 335 g/mol. The lowest BCUT2D eigenvalue weighted by atomic mass is 10.1. The molecule has 0 atom stereocenters. The molecular weight excluding hydrogens is 314 g/mol. The number of benzene rings is 1. The third kappa shape index (κ3) is 4.05. The molecule has 2 aromatic rings. The Morgan fingerprint density at radius 2 is 1.57 bits per heavy atom. The molecule has 0 aliphatic carbocycles. The third-order valence-electron chi connectivity index (χ3n) is 3.52. The molecule has 0 fully saturated rings. The van der Waals surface area contributed by atoms with E-state index in [1.165, 1.54) is 7.11 Å². The molecular formula is C16H21N3O3S. The van der Waals surface area contributed by atoms with Crippen LogP contribution in [0.1, 0.15) is 28.3 Å². The lowest BCUT2D eigenvalue weighted by molar-refractivity contribution is 0.401. The molecule has 124 valence electrons. The van der Waals surface area contributed by atoms with E-state index in [1.54, 1.807) is 12.1 Å². The van der Waals surface area contributed by atoms with E-state index >= 15 is 0 Å². The molecule has 0 unspecified atom stereocenters. The fraction of sp³-hybridized carbons (Fsp3) is 0.375. The molecule has 7 heteroatoms. The maximum atomic E-state index is 12.6. The lowest BCUT2D eigenvalue weighted by Crippen LogP contribution is -2.25. The van der Waals surface area contributed by atoms with Gasteiger partial charge in [0.2, 0.25) is 10.0 Å². The van der Waals surface area contributed by atoms with Crippen LogP contribution in [0.3, 0.4) is 0 Å². The summed E-state index contributed by atoms with van der Waals surface area (Å²) >= 11 is 0. The second kappa shape index (κ2) is 6.64. The summed E-state index contributed by atoms with van der Waals surface area (Å²) in [5.41, 5.74) is 3.46. The van der Waals surface area contributed by atoms with Crippen molar-refractivity contribution in [1.29, 1.82) is 0 Å². The van der Waals surface area contributed by atoms with Crippen LogP contribution in [0.4, 0.5) is 0 Å². The lowest BCUT2D eigenvalue weighted by Gasteiger charge is -2.13. The first-order chi connectivity index (χ1) is 10.7. The predicted octanol–water partition coefficient (Wildman–Crippen LogP) is 2.20. The first kappa shape index (κ1) is 17.4. The van der Waals surface area contributed by atoms with Gasteiger partial charge in [-0.3, -0.25) is 0 Å². The van der Waals surface area contributed by atoms with E-state index in [0.29, 0.717) is 11.6 Å². The minimum Gasteiger partial charge on any atom is -0.495 e. The zero-order chi connectivity index (χ0) is 17.2. The van der Waals surface area contributed by atoms with Gasteiger partial charge in [-0.2, -0.15) is 0 Å². The fourth-order valence-corrected chi connectivity index (χ4v) is 3.46. The largest absolute Gasteiger partial charge is 0.495 e. The summed E-state index contributed by atoms with van der Waals surface area (Å²) in [5, 5.41) is 0. The van der Waals surface area contributed by atoms with Crippen molar-refractivity contribution in [3.63, 3.8) is 0 Å². The molecule has 23 heavy (non-hydrogen) atoms. The predicted molar refractivity (Wildman–Crippen MR) is 88.0 cm³/mol. The average Bonchev–Trinajstić information content (AvgIpc) is 2.46. The summed E-state index contributed by atoms with van der Waals surface area (Å²) in [6.45, 7) is 7.49. The van der Waals surface area contributed by atoms with Crippen LogP contribution in [0.2, 0.25) is 0 Å². The molecule has 0 spiro atoms. The molecule has 0 aliphatic rings. The Labute approximate surface area is 137 Å². The van der Waals surface area contributed by atoms with Crippen LogP contribution in [0, 0.1) is 27.7 Å². The van der Waals surface area contributed by atoms with Gasteiger partial charge in [-0.25, -0.2) is 23.1 Å². The standard InChI is InChI=1S/C16H21N3O3S/c1-10-6-14(22-5)15(7-11(10)2)23(20,21)17-9-16-18-12(3)8-13(4)19-16/h6-8,17H,9H2,1-5H3. The highest BCUT2D eigenvalue weighted by Crippen LogP contribution is 2.27. The Morgan fingerprint density at radius 3 is 2.13 bits per heavy atom. The van der Waals surface area contributed by atoms with Crippen LogP contribution >= 0.6 is 0 Å². The normalized spacial score (nSPS) is 11.5. The molecule has 1 aromatic carbocycles. The molecule has 0 bridgehead atoms. The van der Waals surface area contributed by atoms with E-state index in [-0.39, 0.29) is 11.4 Å². The molecule has 0 saturated carbocycles. The zero-order valence-electron chi connectivity index (χ0n) is 14.0. The number of aromatic nitrogens is 2. The molecule has 0 aliphatic heterocycles. The van der Waals surface area contributed by atoms with Gasteiger partial charge < -0.3 is 4.74 Å². The molecule has 0 radical (unpaired) electrons. The summed E-state index contributed by atoms with van der Waals surface area (Å²) in [4.78, 5) is 8.59. The minimum atomic E-state index is -3.72. The fourth-order valence-electron chi connectivity index (χ4n) is 2.25. The highest BCUT2D eigenvalue weighted by atomic mass is 32.2. The summed E-state index contributed by atoms with van der Waals surface area (Å²) < 4.78 is 32.9. The van der Waals surface area contributed by atoms with Crippen LogP contribution in [0.15, 0.2) is 23.1 Å². The first-order valence-corrected chi connectivity index (χ1v) is 8.67. The topological polar surface area (TPSA) is 81.2 Å². The second-order valence-corrected chi connectivity index (χ2v) is 7.21. The van der Waals surface area contributed by atoms with Gasteiger partial charge >= 0.3 is 0 Å². The van der Waals surface area contributed by atoms with Gasteiger partial charge in [0.05, 0.1) is 13.7 Å². The van der Waals surface area contributed by atoms with Crippen molar-refractivity contribution in [1.82, 2.24) is 14.7 Å². The van der Waals surface area contributed by atoms with Gasteiger partial charge in [0.1, 0.15) is 16.5 Å². The smallest absolute Gasteiger partial charge is 0.244 e. The summed E-state index contributed by atoms with van der Waals surface area (Å²) in [7, 11) is -2.27.